The molecule has 30 heavy (non-hydrogen) atoms. The van der Waals surface area contributed by atoms with Gasteiger partial charge in [0.15, 0.2) is 6.61 Å². The number of amides is 2. The summed E-state index contributed by atoms with van der Waals surface area (Å²) in [5.41, 5.74) is 1.80. The molecule has 0 aliphatic carbocycles. The molecule has 3 aromatic carbocycles. The summed E-state index contributed by atoms with van der Waals surface area (Å²) in [5, 5.41) is 2.21. The quantitative estimate of drug-likeness (QED) is 0.612. The minimum Gasteiger partial charge on any atom is -0.497 e. The first kappa shape index (κ1) is 20.8. The minimum atomic E-state index is -0.705. The fraction of sp³-hybridized carbons (Fsp3) is 0.125. The molecule has 0 aromatic heterocycles. The third-order valence-electron chi connectivity index (χ3n) is 4.45. The van der Waals surface area contributed by atoms with Crippen LogP contribution in [0.4, 0.5) is 0 Å². The van der Waals surface area contributed by atoms with Gasteiger partial charge in [-0.05, 0) is 35.4 Å². The molecule has 0 bridgehead atoms. The van der Waals surface area contributed by atoms with Crippen LogP contribution in [-0.2, 0) is 14.3 Å². The standard InChI is InChI=1S/C24H21NO5/c1-29-20-14-12-19(13-15-20)23(27)25-21(26)16-30-24(28)22(17-8-4-2-5-9-17)18-10-6-3-7-11-18/h2-15,22H,16H2,1H3,(H,25,26,27). The SMILES string of the molecule is COc1ccc(C(=O)NC(=O)COC(=O)C(c2ccccc2)c2ccccc2)cc1. The van der Waals surface area contributed by atoms with Crippen molar-refractivity contribution in [2.75, 3.05) is 13.7 Å². The Morgan fingerprint density at radius 2 is 1.33 bits per heavy atom. The molecule has 0 spiro atoms. The second-order valence-corrected chi connectivity index (χ2v) is 6.47. The summed E-state index contributed by atoms with van der Waals surface area (Å²) in [6.45, 7) is -0.559. The molecular formula is C24H21NO5. The number of hydrogen-bond donors (Lipinski definition) is 1. The van der Waals surface area contributed by atoms with Crippen molar-refractivity contribution in [3.05, 3.63) is 102 Å². The second-order valence-electron chi connectivity index (χ2n) is 6.47. The third-order valence-corrected chi connectivity index (χ3v) is 4.45. The van der Waals surface area contributed by atoms with Crippen LogP contribution < -0.4 is 10.1 Å². The van der Waals surface area contributed by atoms with Crippen molar-refractivity contribution >= 4 is 17.8 Å². The minimum absolute atomic E-state index is 0.293. The van der Waals surface area contributed by atoms with Gasteiger partial charge in [0.05, 0.1) is 7.11 Å². The van der Waals surface area contributed by atoms with E-state index in [0.717, 1.165) is 11.1 Å². The van der Waals surface area contributed by atoms with Gasteiger partial charge in [0.25, 0.3) is 11.8 Å². The highest BCUT2D eigenvalue weighted by Gasteiger charge is 2.25. The molecule has 3 rings (SSSR count). The first-order valence-corrected chi connectivity index (χ1v) is 9.33. The average molecular weight is 403 g/mol. The number of rotatable bonds is 7. The summed E-state index contributed by atoms with van der Waals surface area (Å²) in [6, 6.07) is 24.6. The van der Waals surface area contributed by atoms with E-state index in [1.807, 2.05) is 60.7 Å². The molecule has 0 atom stereocenters. The number of carbonyl (C=O) groups is 3. The largest absolute Gasteiger partial charge is 0.497 e. The van der Waals surface area contributed by atoms with Crippen LogP contribution in [0.25, 0.3) is 0 Å². The number of esters is 1. The van der Waals surface area contributed by atoms with E-state index in [1.54, 1.807) is 12.1 Å². The molecule has 6 nitrogen and oxygen atoms in total. The fourth-order valence-electron chi connectivity index (χ4n) is 2.95. The number of methoxy groups -OCH3 is 1. The predicted octanol–water partition coefficient (Wildman–Crippen LogP) is 3.33. The summed E-state index contributed by atoms with van der Waals surface area (Å²) in [4.78, 5) is 37.1. The Hall–Kier alpha value is -3.93. The lowest BCUT2D eigenvalue weighted by atomic mass is 9.91. The predicted molar refractivity (Wildman–Crippen MR) is 111 cm³/mol. The topological polar surface area (TPSA) is 81.7 Å². The summed E-state index contributed by atoms with van der Waals surface area (Å²) in [6.07, 6.45) is 0. The molecule has 1 N–H and O–H groups in total. The van der Waals surface area contributed by atoms with Crippen molar-refractivity contribution in [3.8, 4) is 5.75 Å². The summed E-state index contributed by atoms with van der Waals surface area (Å²) >= 11 is 0. The first-order chi connectivity index (χ1) is 14.6. The van der Waals surface area contributed by atoms with Crippen molar-refractivity contribution in [1.29, 1.82) is 0 Å². The van der Waals surface area contributed by atoms with E-state index < -0.39 is 30.3 Å². The van der Waals surface area contributed by atoms with Gasteiger partial charge >= 0.3 is 5.97 Å². The van der Waals surface area contributed by atoms with E-state index in [9.17, 15) is 14.4 Å². The zero-order valence-corrected chi connectivity index (χ0v) is 16.4. The van der Waals surface area contributed by atoms with Crippen LogP contribution in [0, 0.1) is 0 Å². The Balaban J connectivity index is 1.63. The van der Waals surface area contributed by atoms with Crippen LogP contribution in [0.5, 0.6) is 5.75 Å². The van der Waals surface area contributed by atoms with Crippen molar-refractivity contribution in [2.45, 2.75) is 5.92 Å². The van der Waals surface area contributed by atoms with Crippen molar-refractivity contribution < 1.29 is 23.9 Å². The van der Waals surface area contributed by atoms with Crippen molar-refractivity contribution in [3.63, 3.8) is 0 Å². The van der Waals surface area contributed by atoms with Crippen LogP contribution in [0.1, 0.15) is 27.4 Å². The van der Waals surface area contributed by atoms with Crippen molar-refractivity contribution in [1.82, 2.24) is 5.32 Å². The zero-order valence-electron chi connectivity index (χ0n) is 16.4. The van der Waals surface area contributed by atoms with Gasteiger partial charge in [0.1, 0.15) is 11.7 Å². The Morgan fingerprint density at radius 1 is 0.800 bits per heavy atom. The Morgan fingerprint density at radius 3 is 1.83 bits per heavy atom. The lowest BCUT2D eigenvalue weighted by Crippen LogP contribution is -2.34. The van der Waals surface area contributed by atoms with Crippen LogP contribution in [0.15, 0.2) is 84.9 Å². The highest BCUT2D eigenvalue weighted by atomic mass is 16.5. The van der Waals surface area contributed by atoms with E-state index in [2.05, 4.69) is 5.32 Å². The smallest absolute Gasteiger partial charge is 0.318 e. The number of carbonyl (C=O) groups excluding carboxylic acids is 3. The molecule has 0 aliphatic rings. The Kier molecular flexibility index (Phi) is 6.95. The number of ether oxygens (including phenoxy) is 2. The third kappa shape index (κ3) is 5.32. The van der Waals surface area contributed by atoms with Crippen LogP contribution in [0.3, 0.4) is 0 Å². The van der Waals surface area contributed by atoms with Crippen LogP contribution >= 0.6 is 0 Å². The Bertz CT molecular complexity index is 961. The van der Waals surface area contributed by atoms with Gasteiger partial charge in [0.2, 0.25) is 0 Å². The first-order valence-electron chi connectivity index (χ1n) is 9.33. The molecule has 0 heterocycles. The van der Waals surface area contributed by atoms with Crippen molar-refractivity contribution in [2.24, 2.45) is 0 Å². The molecule has 0 radical (unpaired) electrons. The van der Waals surface area contributed by atoms with Gasteiger partial charge < -0.3 is 9.47 Å². The molecule has 0 aliphatic heterocycles. The normalized spacial score (nSPS) is 10.3. The summed E-state index contributed by atoms with van der Waals surface area (Å²) in [7, 11) is 1.52. The summed E-state index contributed by atoms with van der Waals surface area (Å²) in [5.74, 6) is -1.93. The van der Waals surface area contributed by atoms with E-state index in [1.165, 1.54) is 19.2 Å². The lowest BCUT2D eigenvalue weighted by molar-refractivity contribution is -0.148. The number of hydrogen-bond acceptors (Lipinski definition) is 5. The lowest BCUT2D eigenvalue weighted by Gasteiger charge is -2.17. The molecule has 0 unspecified atom stereocenters. The maximum Gasteiger partial charge on any atom is 0.318 e. The zero-order chi connectivity index (χ0) is 21.3. The van der Waals surface area contributed by atoms with Crippen LogP contribution in [0.2, 0.25) is 0 Å². The monoisotopic (exact) mass is 403 g/mol. The molecular weight excluding hydrogens is 382 g/mol. The number of imide groups is 1. The average Bonchev–Trinajstić information content (AvgIpc) is 2.79. The van der Waals surface area contributed by atoms with Gasteiger partial charge in [-0.25, -0.2) is 0 Å². The Labute approximate surface area is 174 Å². The van der Waals surface area contributed by atoms with Gasteiger partial charge in [-0.1, -0.05) is 60.7 Å². The van der Waals surface area contributed by atoms with Gasteiger partial charge in [0, 0.05) is 5.56 Å². The highest BCUT2D eigenvalue weighted by Crippen LogP contribution is 2.25. The molecule has 6 heteroatoms. The van der Waals surface area contributed by atoms with Gasteiger partial charge in [-0.3, -0.25) is 19.7 Å². The van der Waals surface area contributed by atoms with E-state index in [0.29, 0.717) is 11.3 Å². The van der Waals surface area contributed by atoms with E-state index >= 15 is 0 Å². The molecule has 2 amide bonds. The summed E-state index contributed by atoms with van der Waals surface area (Å²) < 4.78 is 10.3. The molecule has 0 saturated heterocycles. The van der Waals surface area contributed by atoms with E-state index in [-0.39, 0.29) is 0 Å². The maximum absolute atomic E-state index is 12.8. The van der Waals surface area contributed by atoms with Gasteiger partial charge in [-0.2, -0.15) is 0 Å². The number of nitrogens with one attached hydrogen (secondary N) is 1. The molecule has 0 fully saturated rings. The fourth-order valence-corrected chi connectivity index (χ4v) is 2.95. The second kappa shape index (κ2) is 10.0. The molecule has 3 aromatic rings. The number of benzene rings is 3. The van der Waals surface area contributed by atoms with E-state index in [4.69, 9.17) is 9.47 Å². The molecule has 152 valence electrons. The highest BCUT2D eigenvalue weighted by molar-refractivity contribution is 6.05. The molecule has 0 saturated carbocycles. The maximum atomic E-state index is 12.8. The van der Waals surface area contributed by atoms with Gasteiger partial charge in [-0.15, -0.1) is 0 Å². The van der Waals surface area contributed by atoms with Crippen LogP contribution in [-0.4, -0.2) is 31.5 Å².